The van der Waals surface area contributed by atoms with E-state index in [9.17, 15) is 13.2 Å². The summed E-state index contributed by atoms with van der Waals surface area (Å²) < 4.78 is 49.0. The number of piperidine rings is 1. The van der Waals surface area contributed by atoms with Gasteiger partial charge >= 0.3 is 6.43 Å². The van der Waals surface area contributed by atoms with Crippen LogP contribution in [-0.4, -0.2) is 59.8 Å². The van der Waals surface area contributed by atoms with Gasteiger partial charge in [0, 0.05) is 32.3 Å². The highest BCUT2D eigenvalue weighted by molar-refractivity contribution is 5.46. The van der Waals surface area contributed by atoms with Crippen molar-refractivity contribution in [3.63, 3.8) is 0 Å². The number of aromatic nitrogens is 2. The lowest BCUT2D eigenvalue weighted by atomic mass is 10.00. The van der Waals surface area contributed by atoms with Crippen molar-refractivity contribution in [2.75, 3.05) is 32.0 Å². The molecular weight excluding hydrogens is 325 g/mol. The number of nitrogen functional groups attached to an aromatic ring is 1. The van der Waals surface area contributed by atoms with Crippen LogP contribution in [0.1, 0.15) is 31.7 Å². The molecule has 0 radical (unpaired) electrons. The van der Waals surface area contributed by atoms with Crippen molar-refractivity contribution >= 4 is 5.69 Å². The second-order valence-corrected chi connectivity index (χ2v) is 6.28. The third kappa shape index (κ3) is 3.94. The lowest BCUT2D eigenvalue weighted by molar-refractivity contribution is -0.0690. The second-order valence-electron chi connectivity index (χ2n) is 6.28. The van der Waals surface area contributed by atoms with Crippen LogP contribution in [0.3, 0.4) is 0 Å². The summed E-state index contributed by atoms with van der Waals surface area (Å²) in [5.74, 6) is -0.269. The third-order valence-corrected chi connectivity index (χ3v) is 4.73. The number of anilines is 1. The van der Waals surface area contributed by atoms with Crippen LogP contribution < -0.4 is 10.5 Å². The van der Waals surface area contributed by atoms with Crippen molar-refractivity contribution in [3.05, 3.63) is 6.20 Å². The first-order chi connectivity index (χ1) is 11.5. The zero-order valence-electron chi connectivity index (χ0n) is 13.4. The molecule has 0 spiro atoms. The van der Waals surface area contributed by atoms with E-state index in [4.69, 9.17) is 10.5 Å². The zero-order chi connectivity index (χ0) is 17.1. The number of nitrogens with two attached hydrogens (primary N) is 1. The Morgan fingerprint density at radius 2 is 1.79 bits per heavy atom. The molecule has 1 unspecified atom stereocenters. The van der Waals surface area contributed by atoms with Crippen LogP contribution in [0.5, 0.6) is 5.88 Å². The Hall–Kier alpha value is -1.48. The van der Waals surface area contributed by atoms with E-state index in [1.807, 2.05) is 0 Å². The summed E-state index contributed by atoms with van der Waals surface area (Å²) in [6.45, 7) is 3.51. The Morgan fingerprint density at radius 1 is 1.12 bits per heavy atom. The van der Waals surface area contributed by atoms with E-state index in [1.165, 1.54) is 6.20 Å². The third-order valence-electron chi connectivity index (χ3n) is 4.73. The highest BCUT2D eigenvalue weighted by Gasteiger charge is 2.29. The molecule has 3 heterocycles. The highest BCUT2D eigenvalue weighted by Crippen LogP contribution is 2.30. The van der Waals surface area contributed by atoms with E-state index in [0.717, 1.165) is 52.0 Å². The maximum absolute atomic E-state index is 13.0. The SMILES string of the molecule is Nc1cn(C2CCN(C3CCOCC3)CC2)nc1OC(F)C(F)F. The molecule has 0 bridgehead atoms. The smallest absolute Gasteiger partial charge is 0.304 e. The fourth-order valence-electron chi connectivity index (χ4n) is 3.39. The second kappa shape index (κ2) is 7.60. The Morgan fingerprint density at radius 3 is 2.42 bits per heavy atom. The number of hydrogen-bond donors (Lipinski definition) is 1. The van der Waals surface area contributed by atoms with Crippen LogP contribution in [0.2, 0.25) is 0 Å². The summed E-state index contributed by atoms with van der Waals surface area (Å²) in [4.78, 5) is 2.47. The van der Waals surface area contributed by atoms with Gasteiger partial charge in [0.2, 0.25) is 0 Å². The van der Waals surface area contributed by atoms with Crippen LogP contribution in [0.4, 0.5) is 18.9 Å². The van der Waals surface area contributed by atoms with Gasteiger partial charge < -0.3 is 20.1 Å². The molecule has 1 aromatic rings. The van der Waals surface area contributed by atoms with Crippen LogP contribution in [0, 0.1) is 0 Å². The molecule has 1 atom stereocenters. The highest BCUT2D eigenvalue weighted by atomic mass is 19.3. The Bertz CT molecular complexity index is 529. The minimum absolute atomic E-state index is 0.0742. The van der Waals surface area contributed by atoms with Gasteiger partial charge in [-0.2, -0.15) is 4.39 Å². The monoisotopic (exact) mass is 348 g/mol. The van der Waals surface area contributed by atoms with Gasteiger partial charge in [0.25, 0.3) is 12.2 Å². The molecule has 1 aromatic heterocycles. The average Bonchev–Trinajstić information content (AvgIpc) is 2.96. The molecular formula is C15H23F3N4O2. The van der Waals surface area contributed by atoms with Crippen molar-refractivity contribution in [3.8, 4) is 5.88 Å². The van der Waals surface area contributed by atoms with Crippen molar-refractivity contribution in [1.29, 1.82) is 0 Å². The molecule has 2 aliphatic rings. The molecule has 6 nitrogen and oxygen atoms in total. The summed E-state index contributed by atoms with van der Waals surface area (Å²) in [6.07, 6.45) is -0.533. The van der Waals surface area contributed by atoms with Crippen LogP contribution in [-0.2, 0) is 4.74 Å². The molecule has 2 N–H and O–H groups in total. The molecule has 0 amide bonds. The zero-order valence-corrected chi connectivity index (χ0v) is 13.4. The first-order valence-electron chi connectivity index (χ1n) is 8.30. The van der Waals surface area contributed by atoms with Crippen LogP contribution >= 0.6 is 0 Å². The van der Waals surface area contributed by atoms with Crippen LogP contribution in [0.15, 0.2) is 6.20 Å². The Balaban J connectivity index is 1.56. The fourth-order valence-corrected chi connectivity index (χ4v) is 3.39. The van der Waals surface area contributed by atoms with E-state index in [1.54, 1.807) is 4.68 Å². The number of rotatable bonds is 5. The van der Waals surface area contributed by atoms with Gasteiger partial charge in [0.05, 0.1) is 12.2 Å². The first-order valence-corrected chi connectivity index (χ1v) is 8.30. The minimum atomic E-state index is -3.22. The van der Waals surface area contributed by atoms with Crippen molar-refractivity contribution in [1.82, 2.24) is 14.7 Å². The number of halogens is 3. The molecule has 24 heavy (non-hydrogen) atoms. The minimum Gasteiger partial charge on any atom is -0.434 e. The quantitative estimate of drug-likeness (QED) is 0.884. The number of ether oxygens (including phenoxy) is 2. The number of nitrogens with zero attached hydrogens (tertiary/aromatic N) is 3. The Kier molecular flexibility index (Phi) is 5.50. The van der Waals surface area contributed by atoms with E-state index in [-0.39, 0.29) is 17.6 Å². The summed E-state index contributed by atoms with van der Waals surface area (Å²) in [5.41, 5.74) is 5.77. The van der Waals surface area contributed by atoms with E-state index in [0.29, 0.717) is 6.04 Å². The molecule has 0 saturated carbocycles. The Labute approximate surface area is 138 Å². The maximum atomic E-state index is 13.0. The van der Waals surface area contributed by atoms with E-state index in [2.05, 4.69) is 14.7 Å². The van der Waals surface area contributed by atoms with Gasteiger partial charge in [0.1, 0.15) is 5.69 Å². The molecule has 0 aromatic carbocycles. The standard InChI is InChI=1S/C15H23F3N4O2/c16-13(17)14(18)24-15-12(19)9-22(20-15)11-1-5-21(6-2-11)10-3-7-23-8-4-10/h9-11,13-14H,1-8,19H2. The molecule has 136 valence electrons. The summed E-state index contributed by atoms with van der Waals surface area (Å²) in [5, 5.41) is 4.05. The van der Waals surface area contributed by atoms with E-state index < -0.39 is 12.8 Å². The average molecular weight is 348 g/mol. The predicted octanol–water partition coefficient (Wildman–Crippen LogP) is 2.22. The fraction of sp³-hybridized carbons (Fsp3) is 0.800. The lowest BCUT2D eigenvalue weighted by Crippen LogP contribution is -2.44. The largest absolute Gasteiger partial charge is 0.434 e. The van der Waals surface area contributed by atoms with Crippen molar-refractivity contribution in [2.45, 2.75) is 50.6 Å². The number of likely N-dealkylation sites (tertiary alicyclic amines) is 1. The van der Waals surface area contributed by atoms with Crippen molar-refractivity contribution < 1.29 is 22.6 Å². The van der Waals surface area contributed by atoms with Crippen LogP contribution in [0.25, 0.3) is 0 Å². The summed E-state index contributed by atoms with van der Waals surface area (Å²) >= 11 is 0. The van der Waals surface area contributed by atoms with E-state index >= 15 is 0 Å². The molecule has 2 fully saturated rings. The lowest BCUT2D eigenvalue weighted by Gasteiger charge is -2.39. The van der Waals surface area contributed by atoms with Gasteiger partial charge in [-0.15, -0.1) is 5.10 Å². The molecule has 0 aliphatic carbocycles. The van der Waals surface area contributed by atoms with Gasteiger partial charge in [-0.3, -0.25) is 4.68 Å². The molecule has 2 saturated heterocycles. The van der Waals surface area contributed by atoms with Gasteiger partial charge in [-0.05, 0) is 25.7 Å². The topological polar surface area (TPSA) is 65.5 Å². The molecule has 2 aliphatic heterocycles. The number of alkyl halides is 3. The predicted molar refractivity (Wildman–Crippen MR) is 81.9 cm³/mol. The maximum Gasteiger partial charge on any atom is 0.304 e. The van der Waals surface area contributed by atoms with Gasteiger partial charge in [0.15, 0.2) is 0 Å². The van der Waals surface area contributed by atoms with Crippen molar-refractivity contribution in [2.24, 2.45) is 0 Å². The molecule has 9 heteroatoms. The summed E-state index contributed by atoms with van der Waals surface area (Å²) in [6, 6.07) is 0.685. The van der Waals surface area contributed by atoms with Gasteiger partial charge in [-0.25, -0.2) is 8.78 Å². The summed E-state index contributed by atoms with van der Waals surface area (Å²) in [7, 11) is 0. The normalized spacial score (nSPS) is 22.8. The number of hydrogen-bond acceptors (Lipinski definition) is 5. The first kappa shape index (κ1) is 17.3. The van der Waals surface area contributed by atoms with Gasteiger partial charge in [-0.1, -0.05) is 0 Å². The molecule has 3 rings (SSSR count).